The van der Waals surface area contributed by atoms with Crippen molar-refractivity contribution < 1.29 is 4.79 Å². The van der Waals surface area contributed by atoms with Gasteiger partial charge in [-0.05, 0) is 42.5 Å². The molecule has 16 heavy (non-hydrogen) atoms. The number of nitrogen functional groups attached to an aromatic ring is 1. The van der Waals surface area contributed by atoms with Gasteiger partial charge < -0.3 is 5.73 Å². The Morgan fingerprint density at radius 3 is 2.50 bits per heavy atom. The van der Waals surface area contributed by atoms with Crippen LogP contribution >= 0.6 is 11.3 Å². The van der Waals surface area contributed by atoms with Crippen LogP contribution in [0.2, 0.25) is 0 Å². The molecule has 0 fully saturated rings. The van der Waals surface area contributed by atoms with Crippen LogP contribution in [0.25, 0.3) is 0 Å². The largest absolute Gasteiger partial charge is 0.398 e. The normalized spacial score (nSPS) is 10.4. The van der Waals surface area contributed by atoms with Crippen LogP contribution in [0.3, 0.4) is 0 Å². The molecule has 0 atom stereocenters. The lowest BCUT2D eigenvalue weighted by atomic mass is 10.0. The number of anilines is 1. The number of nitrogens with two attached hydrogens (primary N) is 1. The van der Waals surface area contributed by atoms with Gasteiger partial charge in [0.1, 0.15) is 0 Å². The fraction of sp³-hybridized carbons (Fsp3) is 0.154. The third-order valence-electron chi connectivity index (χ3n) is 2.60. The SMILES string of the molecule is Cc1ccsc1C(=O)c1c(C)cccc1N. The molecule has 2 N–H and O–H groups in total. The summed E-state index contributed by atoms with van der Waals surface area (Å²) in [5.41, 5.74) is 8.99. The average Bonchev–Trinajstić information content (AvgIpc) is 2.64. The Hall–Kier alpha value is -1.61. The highest BCUT2D eigenvalue weighted by Gasteiger charge is 2.17. The standard InChI is InChI=1S/C13H13NOS/c1-8-4-3-5-10(14)11(8)12(15)13-9(2)6-7-16-13/h3-7H,14H2,1-2H3. The first kappa shape index (κ1) is 10.9. The van der Waals surface area contributed by atoms with E-state index in [4.69, 9.17) is 5.73 Å². The molecule has 82 valence electrons. The van der Waals surface area contributed by atoms with Crippen LogP contribution in [0.1, 0.15) is 26.4 Å². The molecule has 3 heteroatoms. The third kappa shape index (κ3) is 1.74. The van der Waals surface area contributed by atoms with Crippen LogP contribution in [-0.4, -0.2) is 5.78 Å². The van der Waals surface area contributed by atoms with Crippen molar-refractivity contribution in [2.75, 3.05) is 5.73 Å². The molecule has 1 heterocycles. The number of aryl methyl sites for hydroxylation is 2. The summed E-state index contributed by atoms with van der Waals surface area (Å²) in [6.07, 6.45) is 0. The molecule has 1 aromatic carbocycles. The summed E-state index contributed by atoms with van der Waals surface area (Å²) in [6.45, 7) is 3.85. The van der Waals surface area contributed by atoms with E-state index in [0.717, 1.165) is 16.0 Å². The van der Waals surface area contributed by atoms with Crippen molar-refractivity contribution >= 4 is 22.8 Å². The maximum atomic E-state index is 12.3. The second-order valence-corrected chi connectivity index (χ2v) is 4.72. The zero-order valence-corrected chi connectivity index (χ0v) is 10.1. The lowest BCUT2D eigenvalue weighted by Gasteiger charge is -2.07. The van der Waals surface area contributed by atoms with Crippen LogP contribution in [-0.2, 0) is 0 Å². The number of hydrogen-bond acceptors (Lipinski definition) is 3. The molecule has 0 aliphatic heterocycles. The quantitative estimate of drug-likeness (QED) is 0.637. The number of benzene rings is 1. The minimum atomic E-state index is 0.0306. The molecule has 2 rings (SSSR count). The van der Waals surface area contributed by atoms with Crippen LogP contribution in [0.4, 0.5) is 5.69 Å². The fourth-order valence-corrected chi connectivity index (χ4v) is 2.59. The number of hydrogen-bond donors (Lipinski definition) is 1. The number of carbonyl (C=O) groups is 1. The first-order valence-electron chi connectivity index (χ1n) is 5.05. The van der Waals surface area contributed by atoms with Crippen LogP contribution in [0.15, 0.2) is 29.6 Å². The Balaban J connectivity index is 2.54. The molecule has 0 spiro atoms. The lowest BCUT2D eigenvalue weighted by Crippen LogP contribution is -2.07. The van der Waals surface area contributed by atoms with E-state index in [1.54, 1.807) is 6.07 Å². The van der Waals surface area contributed by atoms with Gasteiger partial charge in [-0.3, -0.25) is 4.79 Å². The Kier molecular flexibility index (Phi) is 2.79. The number of carbonyl (C=O) groups excluding carboxylic acids is 1. The molecule has 0 saturated carbocycles. The summed E-state index contributed by atoms with van der Waals surface area (Å²) in [4.78, 5) is 13.1. The van der Waals surface area contributed by atoms with Crippen molar-refractivity contribution in [2.24, 2.45) is 0 Å². The van der Waals surface area contributed by atoms with Crippen molar-refractivity contribution in [3.63, 3.8) is 0 Å². The van der Waals surface area contributed by atoms with Crippen LogP contribution < -0.4 is 5.73 Å². The van der Waals surface area contributed by atoms with E-state index in [0.29, 0.717) is 11.3 Å². The molecule has 0 aliphatic rings. The Morgan fingerprint density at radius 1 is 1.19 bits per heavy atom. The van der Waals surface area contributed by atoms with Gasteiger partial charge in [0, 0.05) is 11.3 Å². The number of rotatable bonds is 2. The van der Waals surface area contributed by atoms with Crippen molar-refractivity contribution in [1.82, 2.24) is 0 Å². The first-order chi connectivity index (χ1) is 7.61. The van der Waals surface area contributed by atoms with Crippen molar-refractivity contribution in [3.05, 3.63) is 51.2 Å². The van der Waals surface area contributed by atoms with E-state index in [2.05, 4.69) is 0 Å². The van der Waals surface area contributed by atoms with Crippen LogP contribution in [0, 0.1) is 13.8 Å². The molecule has 0 unspecified atom stereocenters. The van der Waals surface area contributed by atoms with Gasteiger partial charge in [-0.1, -0.05) is 12.1 Å². The molecule has 0 aliphatic carbocycles. The smallest absolute Gasteiger partial charge is 0.205 e. The molecular weight excluding hydrogens is 218 g/mol. The van der Waals surface area contributed by atoms with E-state index in [9.17, 15) is 4.79 Å². The molecule has 0 amide bonds. The van der Waals surface area contributed by atoms with Gasteiger partial charge >= 0.3 is 0 Å². The fourth-order valence-electron chi connectivity index (χ4n) is 1.72. The van der Waals surface area contributed by atoms with Crippen LogP contribution in [0.5, 0.6) is 0 Å². The van der Waals surface area contributed by atoms with Gasteiger partial charge in [-0.15, -0.1) is 11.3 Å². The second kappa shape index (κ2) is 4.10. The topological polar surface area (TPSA) is 43.1 Å². The molecule has 2 nitrogen and oxygen atoms in total. The number of thiophene rings is 1. The zero-order chi connectivity index (χ0) is 11.7. The van der Waals surface area contributed by atoms with Gasteiger partial charge in [-0.2, -0.15) is 0 Å². The Bertz CT molecular complexity index is 522. The van der Waals surface area contributed by atoms with E-state index in [1.165, 1.54) is 11.3 Å². The van der Waals surface area contributed by atoms with Gasteiger partial charge in [0.25, 0.3) is 0 Å². The third-order valence-corrected chi connectivity index (χ3v) is 3.62. The average molecular weight is 231 g/mol. The number of ketones is 1. The summed E-state index contributed by atoms with van der Waals surface area (Å²) in [6, 6.07) is 7.49. The Morgan fingerprint density at radius 2 is 1.94 bits per heavy atom. The molecule has 0 radical (unpaired) electrons. The van der Waals surface area contributed by atoms with Gasteiger partial charge in [0.15, 0.2) is 0 Å². The van der Waals surface area contributed by atoms with E-state index >= 15 is 0 Å². The van der Waals surface area contributed by atoms with Crippen molar-refractivity contribution in [1.29, 1.82) is 0 Å². The zero-order valence-electron chi connectivity index (χ0n) is 9.28. The molecule has 0 saturated heterocycles. The van der Waals surface area contributed by atoms with Gasteiger partial charge in [0.2, 0.25) is 5.78 Å². The van der Waals surface area contributed by atoms with Gasteiger partial charge in [-0.25, -0.2) is 0 Å². The summed E-state index contributed by atoms with van der Waals surface area (Å²) < 4.78 is 0. The minimum Gasteiger partial charge on any atom is -0.398 e. The maximum absolute atomic E-state index is 12.3. The molecular formula is C13H13NOS. The molecule has 2 aromatic rings. The summed E-state index contributed by atoms with van der Waals surface area (Å²) >= 11 is 1.46. The molecule has 0 bridgehead atoms. The van der Waals surface area contributed by atoms with Crippen molar-refractivity contribution in [3.8, 4) is 0 Å². The Labute approximate surface area is 98.7 Å². The van der Waals surface area contributed by atoms with E-state index in [1.807, 2.05) is 37.4 Å². The maximum Gasteiger partial charge on any atom is 0.205 e. The predicted octanol–water partition coefficient (Wildman–Crippen LogP) is 3.18. The highest BCUT2D eigenvalue weighted by Crippen LogP contribution is 2.25. The summed E-state index contributed by atoms with van der Waals surface area (Å²) in [7, 11) is 0. The highest BCUT2D eigenvalue weighted by atomic mass is 32.1. The van der Waals surface area contributed by atoms with E-state index < -0.39 is 0 Å². The lowest BCUT2D eigenvalue weighted by molar-refractivity contribution is 0.104. The summed E-state index contributed by atoms with van der Waals surface area (Å²) in [5.74, 6) is 0.0306. The predicted molar refractivity (Wildman–Crippen MR) is 68.1 cm³/mol. The highest BCUT2D eigenvalue weighted by molar-refractivity contribution is 7.12. The van der Waals surface area contributed by atoms with E-state index in [-0.39, 0.29) is 5.78 Å². The van der Waals surface area contributed by atoms with Crippen molar-refractivity contribution in [2.45, 2.75) is 13.8 Å². The van der Waals surface area contributed by atoms with Gasteiger partial charge in [0.05, 0.1) is 4.88 Å². The monoisotopic (exact) mass is 231 g/mol. The molecule has 1 aromatic heterocycles. The second-order valence-electron chi connectivity index (χ2n) is 3.80. The summed E-state index contributed by atoms with van der Waals surface area (Å²) in [5, 5.41) is 1.93. The first-order valence-corrected chi connectivity index (χ1v) is 5.93. The minimum absolute atomic E-state index is 0.0306.